The predicted molar refractivity (Wildman–Crippen MR) is 92.9 cm³/mol. The maximum Gasteiger partial charge on any atom is 0.0551 e. The lowest BCUT2D eigenvalue weighted by Gasteiger charge is -2.59. The van der Waals surface area contributed by atoms with Crippen LogP contribution in [0.15, 0.2) is 11.6 Å². The van der Waals surface area contributed by atoms with E-state index in [2.05, 4.69) is 19.9 Å². The van der Waals surface area contributed by atoms with Crippen molar-refractivity contribution in [3.63, 3.8) is 0 Å². The number of hydrogen-bond acceptors (Lipinski definition) is 2. The van der Waals surface area contributed by atoms with Crippen LogP contribution in [-0.2, 0) is 0 Å². The summed E-state index contributed by atoms with van der Waals surface area (Å²) >= 11 is 0. The van der Waals surface area contributed by atoms with Gasteiger partial charge >= 0.3 is 0 Å². The molecule has 2 N–H and O–H groups in total. The largest absolute Gasteiger partial charge is 0.393 e. The monoisotopic (exact) mass is 318 g/mol. The van der Waals surface area contributed by atoms with E-state index in [4.69, 9.17) is 0 Å². The SMILES string of the molecule is CC(O)[C@H]1CC=C2[C@@H]3CCC4CC(O)CC[C@]4(C)[C@H]3CC[C@@]21C. The van der Waals surface area contributed by atoms with E-state index < -0.39 is 0 Å². The molecule has 2 heteroatoms. The van der Waals surface area contributed by atoms with Crippen molar-refractivity contribution in [2.75, 3.05) is 0 Å². The Morgan fingerprint density at radius 1 is 1.13 bits per heavy atom. The van der Waals surface area contributed by atoms with Gasteiger partial charge in [-0.25, -0.2) is 0 Å². The summed E-state index contributed by atoms with van der Waals surface area (Å²) < 4.78 is 0. The van der Waals surface area contributed by atoms with E-state index in [-0.39, 0.29) is 17.6 Å². The van der Waals surface area contributed by atoms with Crippen LogP contribution < -0.4 is 0 Å². The molecule has 0 radical (unpaired) electrons. The van der Waals surface area contributed by atoms with Crippen molar-refractivity contribution < 1.29 is 10.2 Å². The minimum absolute atomic E-state index is 0.0520. The summed E-state index contributed by atoms with van der Waals surface area (Å²) in [4.78, 5) is 0. The summed E-state index contributed by atoms with van der Waals surface area (Å²) in [5, 5.41) is 20.4. The quantitative estimate of drug-likeness (QED) is 0.707. The van der Waals surface area contributed by atoms with E-state index in [1.54, 1.807) is 5.57 Å². The molecule has 0 bridgehead atoms. The van der Waals surface area contributed by atoms with Crippen molar-refractivity contribution >= 4 is 0 Å². The normalized spacial score (nSPS) is 53.8. The molecular weight excluding hydrogens is 284 g/mol. The van der Waals surface area contributed by atoms with Gasteiger partial charge in [-0.2, -0.15) is 0 Å². The molecule has 0 spiro atoms. The zero-order valence-electron chi connectivity index (χ0n) is 15.1. The molecule has 3 saturated carbocycles. The molecule has 23 heavy (non-hydrogen) atoms. The highest BCUT2D eigenvalue weighted by Gasteiger charge is 2.57. The summed E-state index contributed by atoms with van der Waals surface area (Å²) in [5.74, 6) is 2.71. The van der Waals surface area contributed by atoms with Gasteiger partial charge in [-0.05, 0) is 92.8 Å². The Bertz CT molecular complexity index is 510. The highest BCUT2D eigenvalue weighted by molar-refractivity contribution is 5.30. The lowest BCUT2D eigenvalue weighted by Crippen LogP contribution is -2.52. The third-order valence-electron chi connectivity index (χ3n) is 8.69. The fourth-order valence-electron chi connectivity index (χ4n) is 7.33. The molecule has 4 aliphatic rings. The second-order valence-corrected chi connectivity index (χ2v) is 9.62. The molecule has 0 aromatic rings. The molecule has 0 saturated heterocycles. The average Bonchev–Trinajstić information content (AvgIpc) is 2.85. The molecule has 0 heterocycles. The Morgan fingerprint density at radius 3 is 2.65 bits per heavy atom. The van der Waals surface area contributed by atoms with Crippen molar-refractivity contribution in [3.05, 3.63) is 11.6 Å². The van der Waals surface area contributed by atoms with Crippen LogP contribution in [0.3, 0.4) is 0 Å². The molecule has 3 fully saturated rings. The van der Waals surface area contributed by atoms with Crippen molar-refractivity contribution in [2.45, 2.75) is 84.3 Å². The summed E-state index contributed by atoms with van der Waals surface area (Å²) in [5.41, 5.74) is 2.38. The molecule has 130 valence electrons. The van der Waals surface area contributed by atoms with Crippen LogP contribution in [0.2, 0.25) is 0 Å². The second kappa shape index (κ2) is 5.33. The van der Waals surface area contributed by atoms with Gasteiger partial charge in [0.2, 0.25) is 0 Å². The number of aliphatic hydroxyl groups excluding tert-OH is 2. The van der Waals surface area contributed by atoms with Crippen LogP contribution in [0.25, 0.3) is 0 Å². The highest BCUT2D eigenvalue weighted by Crippen LogP contribution is 2.66. The van der Waals surface area contributed by atoms with Crippen LogP contribution in [0.1, 0.15) is 72.1 Å². The first-order valence-electron chi connectivity index (χ1n) is 9.93. The van der Waals surface area contributed by atoms with E-state index in [0.717, 1.165) is 37.0 Å². The first-order valence-corrected chi connectivity index (χ1v) is 9.93. The summed E-state index contributed by atoms with van der Waals surface area (Å²) in [6, 6.07) is 0. The van der Waals surface area contributed by atoms with Gasteiger partial charge in [0.15, 0.2) is 0 Å². The van der Waals surface area contributed by atoms with Crippen LogP contribution in [0, 0.1) is 34.5 Å². The van der Waals surface area contributed by atoms with Crippen LogP contribution in [0.5, 0.6) is 0 Å². The Kier molecular flexibility index (Phi) is 3.74. The zero-order valence-corrected chi connectivity index (χ0v) is 15.1. The molecule has 0 aromatic heterocycles. The van der Waals surface area contributed by atoms with Crippen molar-refractivity contribution in [1.82, 2.24) is 0 Å². The van der Waals surface area contributed by atoms with Gasteiger partial charge < -0.3 is 10.2 Å². The maximum absolute atomic E-state index is 10.3. The zero-order chi connectivity index (χ0) is 16.4. The molecule has 4 aliphatic carbocycles. The lowest BCUT2D eigenvalue weighted by molar-refractivity contribution is -0.0881. The molecule has 8 atom stereocenters. The summed E-state index contributed by atoms with van der Waals surface area (Å²) in [7, 11) is 0. The number of allylic oxidation sites excluding steroid dienone is 2. The van der Waals surface area contributed by atoms with Crippen molar-refractivity contribution in [3.8, 4) is 0 Å². The van der Waals surface area contributed by atoms with Gasteiger partial charge in [0.25, 0.3) is 0 Å². The Balaban J connectivity index is 1.63. The lowest BCUT2D eigenvalue weighted by atomic mass is 9.46. The van der Waals surface area contributed by atoms with Gasteiger partial charge in [0.1, 0.15) is 0 Å². The average molecular weight is 319 g/mol. The van der Waals surface area contributed by atoms with Gasteiger partial charge in [-0.15, -0.1) is 0 Å². The van der Waals surface area contributed by atoms with Crippen LogP contribution in [0.4, 0.5) is 0 Å². The number of fused-ring (bicyclic) bond motifs is 5. The molecular formula is C21H34O2. The summed E-state index contributed by atoms with van der Waals surface area (Å²) in [6.45, 7) is 6.95. The van der Waals surface area contributed by atoms with E-state index in [1.807, 2.05) is 6.92 Å². The minimum atomic E-state index is -0.193. The number of rotatable bonds is 1. The van der Waals surface area contributed by atoms with E-state index >= 15 is 0 Å². The molecule has 4 rings (SSSR count). The van der Waals surface area contributed by atoms with E-state index in [9.17, 15) is 10.2 Å². The predicted octanol–water partition coefficient (Wildman–Crippen LogP) is 4.31. The third kappa shape index (κ3) is 2.20. The fraction of sp³-hybridized carbons (Fsp3) is 0.905. The van der Waals surface area contributed by atoms with Gasteiger partial charge in [-0.3, -0.25) is 0 Å². The highest BCUT2D eigenvalue weighted by atomic mass is 16.3. The standard InChI is InChI=1S/C21H34O2/c1-13(22)17-6-7-18-16-5-4-14-12-15(23)8-10-20(14,2)19(16)9-11-21(17,18)3/h7,13-17,19,22-23H,4-6,8-12H2,1-3H3/t13?,14?,15?,16-,17+,19-,20-,21+/m0/s1. The Hall–Kier alpha value is -0.340. The van der Waals surface area contributed by atoms with Crippen LogP contribution >= 0.6 is 0 Å². The summed E-state index contributed by atoms with van der Waals surface area (Å²) in [6.07, 6.45) is 11.8. The second-order valence-electron chi connectivity index (χ2n) is 9.62. The molecule has 2 nitrogen and oxygen atoms in total. The van der Waals surface area contributed by atoms with E-state index in [1.165, 1.54) is 32.1 Å². The van der Waals surface area contributed by atoms with Crippen molar-refractivity contribution in [1.29, 1.82) is 0 Å². The smallest absolute Gasteiger partial charge is 0.0551 e. The van der Waals surface area contributed by atoms with Gasteiger partial charge in [0, 0.05) is 0 Å². The van der Waals surface area contributed by atoms with Gasteiger partial charge in [-0.1, -0.05) is 25.5 Å². The molecule has 3 unspecified atom stereocenters. The van der Waals surface area contributed by atoms with Crippen LogP contribution in [-0.4, -0.2) is 22.4 Å². The first-order chi connectivity index (χ1) is 10.9. The molecule has 0 aliphatic heterocycles. The van der Waals surface area contributed by atoms with Crippen molar-refractivity contribution in [2.24, 2.45) is 34.5 Å². The maximum atomic E-state index is 10.3. The topological polar surface area (TPSA) is 40.5 Å². The third-order valence-corrected chi connectivity index (χ3v) is 8.69. The van der Waals surface area contributed by atoms with E-state index in [0.29, 0.717) is 11.3 Å². The Morgan fingerprint density at radius 2 is 1.91 bits per heavy atom. The fourth-order valence-corrected chi connectivity index (χ4v) is 7.33. The molecule has 0 aromatic carbocycles. The number of aliphatic hydroxyl groups is 2. The van der Waals surface area contributed by atoms with Gasteiger partial charge in [0.05, 0.1) is 12.2 Å². The molecule has 0 amide bonds. The minimum Gasteiger partial charge on any atom is -0.393 e. The number of hydrogen-bond donors (Lipinski definition) is 2. The Labute approximate surface area is 141 Å². The first kappa shape index (κ1) is 16.1.